The number of ketones is 1. The Morgan fingerprint density at radius 3 is 2.70 bits per heavy atom. The molecule has 162 valence electrons. The molecule has 0 bridgehead atoms. The van der Waals surface area contributed by atoms with Crippen molar-refractivity contribution in [1.29, 1.82) is 0 Å². The minimum atomic E-state index is -2.90. The van der Waals surface area contributed by atoms with Crippen LogP contribution < -0.4 is 0 Å². The zero-order valence-corrected chi connectivity index (χ0v) is 19.0. The van der Waals surface area contributed by atoms with E-state index in [4.69, 9.17) is 4.42 Å². The second-order valence-electron chi connectivity index (χ2n) is 9.64. The number of carbonyl (C=O) groups is 1. The third-order valence-electron chi connectivity index (χ3n) is 6.67. The third kappa shape index (κ3) is 4.28. The molecule has 1 N–H and O–H groups in total. The van der Waals surface area contributed by atoms with Crippen LogP contribution in [-0.4, -0.2) is 26.7 Å². The molecule has 1 saturated carbocycles. The molecule has 0 radical (unpaired) electrons. The SMILES string of the molecule is C=S(=O)(CC(=O)Cc1c([C@@H](C)C2CC2)ccc2c1CCC2)c1cc(C(C)(C)O)co1. The largest absolute Gasteiger partial charge is 0.456 e. The zero-order chi connectivity index (χ0) is 21.7. The van der Waals surface area contributed by atoms with Crippen LogP contribution in [0.25, 0.3) is 0 Å². The summed E-state index contributed by atoms with van der Waals surface area (Å²) >= 11 is 0. The number of fused-ring (bicyclic) bond motifs is 1. The predicted molar refractivity (Wildman–Crippen MR) is 121 cm³/mol. The van der Waals surface area contributed by atoms with Gasteiger partial charge in [0.1, 0.15) is 5.78 Å². The van der Waals surface area contributed by atoms with E-state index in [1.807, 2.05) is 0 Å². The van der Waals surface area contributed by atoms with Crippen molar-refractivity contribution < 1.29 is 18.5 Å². The molecule has 4 nitrogen and oxygen atoms in total. The first kappa shape index (κ1) is 21.4. The maximum Gasteiger partial charge on any atom is 0.182 e. The van der Waals surface area contributed by atoms with E-state index in [0.29, 0.717) is 17.9 Å². The van der Waals surface area contributed by atoms with Gasteiger partial charge in [0, 0.05) is 21.5 Å². The van der Waals surface area contributed by atoms with Crippen molar-refractivity contribution in [3.63, 3.8) is 0 Å². The van der Waals surface area contributed by atoms with Crippen LogP contribution in [0.1, 0.15) is 73.8 Å². The number of aliphatic hydroxyl groups is 1. The summed E-state index contributed by atoms with van der Waals surface area (Å²) in [4.78, 5) is 13.1. The molecule has 2 aliphatic rings. The summed E-state index contributed by atoms with van der Waals surface area (Å²) in [6.07, 6.45) is 7.46. The van der Waals surface area contributed by atoms with Crippen molar-refractivity contribution >= 4 is 21.2 Å². The average Bonchev–Trinajstić information content (AvgIpc) is 3.16. The smallest absolute Gasteiger partial charge is 0.182 e. The molecule has 1 aromatic heterocycles. The van der Waals surface area contributed by atoms with Crippen LogP contribution in [0.15, 0.2) is 34.0 Å². The summed E-state index contributed by atoms with van der Waals surface area (Å²) < 4.78 is 18.6. The fourth-order valence-corrected chi connectivity index (χ4v) is 5.99. The lowest BCUT2D eigenvalue weighted by molar-refractivity contribution is -0.116. The van der Waals surface area contributed by atoms with Gasteiger partial charge in [-0.25, -0.2) is 0 Å². The molecular formula is C25H32O4S. The third-order valence-corrected chi connectivity index (χ3v) is 8.41. The van der Waals surface area contributed by atoms with Crippen molar-refractivity contribution in [2.75, 3.05) is 5.75 Å². The van der Waals surface area contributed by atoms with Gasteiger partial charge in [0.05, 0.1) is 17.6 Å². The molecule has 1 fully saturated rings. The van der Waals surface area contributed by atoms with E-state index in [2.05, 4.69) is 24.9 Å². The van der Waals surface area contributed by atoms with Gasteiger partial charge in [-0.05, 0) is 92.0 Å². The van der Waals surface area contributed by atoms with E-state index in [9.17, 15) is 14.1 Å². The number of furan rings is 1. The lowest BCUT2D eigenvalue weighted by Crippen LogP contribution is -2.20. The monoisotopic (exact) mass is 428 g/mol. The Hall–Kier alpha value is -1.85. The normalized spacial score (nSPS) is 19.3. The number of carbonyl (C=O) groups excluding carboxylic acids is 1. The highest BCUT2D eigenvalue weighted by Crippen LogP contribution is 2.44. The molecule has 0 saturated heterocycles. The minimum Gasteiger partial charge on any atom is -0.456 e. The van der Waals surface area contributed by atoms with Gasteiger partial charge in [-0.3, -0.25) is 9.00 Å². The van der Waals surface area contributed by atoms with Gasteiger partial charge in [0.2, 0.25) is 0 Å². The summed E-state index contributed by atoms with van der Waals surface area (Å²) in [5.41, 5.74) is 4.60. The van der Waals surface area contributed by atoms with Crippen LogP contribution in [0, 0.1) is 5.92 Å². The molecular weight excluding hydrogens is 396 g/mol. The molecule has 0 aliphatic heterocycles. The van der Waals surface area contributed by atoms with Gasteiger partial charge in [-0.1, -0.05) is 19.1 Å². The molecule has 2 atom stereocenters. The molecule has 5 heteroatoms. The molecule has 4 rings (SSSR count). The quantitative estimate of drug-likeness (QED) is 0.633. The molecule has 0 spiro atoms. The Balaban J connectivity index is 1.57. The summed E-state index contributed by atoms with van der Waals surface area (Å²) in [6, 6.07) is 6.03. The highest BCUT2D eigenvalue weighted by Gasteiger charge is 2.32. The van der Waals surface area contributed by atoms with E-state index in [1.54, 1.807) is 19.9 Å². The number of Topliss-reactive ketones (excluding diaryl/α,β-unsaturated/α-hetero) is 1. The molecule has 1 heterocycles. The van der Waals surface area contributed by atoms with Gasteiger partial charge in [-0.2, -0.15) is 0 Å². The summed E-state index contributed by atoms with van der Waals surface area (Å²) in [6.45, 7) is 5.54. The van der Waals surface area contributed by atoms with Crippen LogP contribution >= 0.6 is 0 Å². The van der Waals surface area contributed by atoms with Crippen LogP contribution in [0.4, 0.5) is 0 Å². The van der Waals surface area contributed by atoms with Crippen LogP contribution in [0.3, 0.4) is 0 Å². The summed E-state index contributed by atoms with van der Waals surface area (Å²) in [7, 11) is -2.90. The molecule has 1 aromatic carbocycles. The van der Waals surface area contributed by atoms with Crippen LogP contribution in [-0.2, 0) is 39.2 Å². The van der Waals surface area contributed by atoms with Crippen molar-refractivity contribution in [2.24, 2.45) is 5.92 Å². The van der Waals surface area contributed by atoms with Gasteiger partial charge in [0.25, 0.3) is 0 Å². The highest BCUT2D eigenvalue weighted by atomic mass is 32.2. The lowest BCUT2D eigenvalue weighted by atomic mass is 9.86. The first-order chi connectivity index (χ1) is 14.1. The second-order valence-corrected chi connectivity index (χ2v) is 12.0. The molecule has 30 heavy (non-hydrogen) atoms. The summed E-state index contributed by atoms with van der Waals surface area (Å²) in [5, 5.41) is 10.3. The molecule has 2 aromatic rings. The highest BCUT2D eigenvalue weighted by molar-refractivity contribution is 8.00. The van der Waals surface area contributed by atoms with E-state index in [-0.39, 0.29) is 16.6 Å². The Morgan fingerprint density at radius 2 is 2.07 bits per heavy atom. The number of rotatable bonds is 8. The van der Waals surface area contributed by atoms with Crippen molar-refractivity contribution in [3.8, 4) is 0 Å². The van der Waals surface area contributed by atoms with Gasteiger partial charge in [-0.15, -0.1) is 0 Å². The topological polar surface area (TPSA) is 67.5 Å². The van der Waals surface area contributed by atoms with Crippen LogP contribution in [0.5, 0.6) is 0 Å². The van der Waals surface area contributed by atoms with E-state index < -0.39 is 15.1 Å². The number of hydrogen-bond donors (Lipinski definition) is 1. The predicted octanol–water partition coefficient (Wildman–Crippen LogP) is 4.40. The van der Waals surface area contributed by atoms with Crippen molar-refractivity contribution in [3.05, 3.63) is 52.3 Å². The Kier molecular flexibility index (Phi) is 5.48. The fraction of sp³-hybridized carbons (Fsp3) is 0.520. The number of benzene rings is 1. The fourth-order valence-electron chi connectivity index (χ4n) is 4.66. The summed E-state index contributed by atoms with van der Waals surface area (Å²) in [5.74, 6) is 4.78. The Bertz CT molecular complexity index is 1070. The molecule has 2 aliphatic carbocycles. The Morgan fingerprint density at radius 1 is 1.33 bits per heavy atom. The first-order valence-electron chi connectivity index (χ1n) is 10.9. The molecule has 0 amide bonds. The van der Waals surface area contributed by atoms with Gasteiger partial charge in [0.15, 0.2) is 5.09 Å². The van der Waals surface area contributed by atoms with Gasteiger partial charge < -0.3 is 9.52 Å². The van der Waals surface area contributed by atoms with E-state index >= 15 is 0 Å². The van der Waals surface area contributed by atoms with E-state index in [0.717, 1.165) is 25.2 Å². The van der Waals surface area contributed by atoms with Crippen molar-refractivity contribution in [2.45, 2.75) is 75.9 Å². The Labute approximate surface area is 179 Å². The minimum absolute atomic E-state index is 0.0687. The number of hydrogen-bond acceptors (Lipinski definition) is 4. The van der Waals surface area contributed by atoms with Crippen LogP contribution in [0.2, 0.25) is 0 Å². The van der Waals surface area contributed by atoms with Crippen molar-refractivity contribution in [1.82, 2.24) is 0 Å². The molecule has 1 unspecified atom stereocenters. The maximum absolute atomic E-state index is 13.2. The van der Waals surface area contributed by atoms with Gasteiger partial charge >= 0.3 is 0 Å². The lowest BCUT2D eigenvalue weighted by Gasteiger charge is -2.20. The first-order valence-corrected chi connectivity index (χ1v) is 12.8. The maximum atomic E-state index is 13.2. The zero-order valence-electron chi connectivity index (χ0n) is 18.2. The number of aryl methyl sites for hydroxylation is 1. The average molecular weight is 429 g/mol. The second kappa shape index (κ2) is 7.69. The standard InChI is InChI=1S/C25H32O4S/c1-16(17-8-9-17)21-11-10-18-6-5-7-22(18)23(21)13-20(26)15-30(4,28)24-12-19(14-29-24)25(2,3)27/h10-12,14,16-17,27H,4-9,13,15H2,1-3H3/t16-,30?/m0/s1. The van der Waals surface area contributed by atoms with E-state index in [1.165, 1.54) is 41.4 Å².